The Hall–Kier alpha value is -1.75. The largest absolute Gasteiger partial charge is 0.377 e. The molecule has 0 atom stereocenters. The first-order valence-electron chi connectivity index (χ1n) is 6.61. The topological polar surface area (TPSA) is 55.3 Å². The van der Waals surface area contributed by atoms with Gasteiger partial charge in [-0.3, -0.25) is 4.79 Å². The lowest BCUT2D eigenvalue weighted by Crippen LogP contribution is -2.31. The fraction of sp³-hybridized carbons (Fsp3) is 0.500. The van der Waals surface area contributed by atoms with E-state index in [1.165, 1.54) is 0 Å². The number of carbonyl (C=O) groups excluding carboxylic acids is 1. The molecule has 0 aliphatic carbocycles. The molecular formula is C14H17N3O2. The summed E-state index contributed by atoms with van der Waals surface area (Å²) < 4.78 is 5.28. The van der Waals surface area contributed by atoms with Crippen molar-refractivity contribution in [2.24, 2.45) is 0 Å². The molecule has 0 bridgehead atoms. The van der Waals surface area contributed by atoms with Crippen LogP contribution in [0.15, 0.2) is 12.3 Å². The molecule has 100 valence electrons. The lowest BCUT2D eigenvalue weighted by Gasteiger charge is -2.19. The molecule has 0 N–H and O–H groups in total. The Kier molecular flexibility index (Phi) is 3.06. The van der Waals surface area contributed by atoms with Crippen LogP contribution in [0, 0.1) is 0 Å². The zero-order chi connectivity index (χ0) is 13.4. The minimum Gasteiger partial charge on any atom is -0.377 e. The van der Waals surface area contributed by atoms with Crippen molar-refractivity contribution in [1.82, 2.24) is 14.9 Å². The zero-order valence-electron chi connectivity index (χ0n) is 11.2. The number of aromatic nitrogens is 2. The van der Waals surface area contributed by atoms with Crippen molar-refractivity contribution in [3.05, 3.63) is 29.4 Å². The molecule has 5 nitrogen and oxygen atoms in total. The lowest BCUT2D eigenvalue weighted by atomic mass is 10.1. The summed E-state index contributed by atoms with van der Waals surface area (Å²) in [7, 11) is 0. The molecule has 2 aliphatic rings. The van der Waals surface area contributed by atoms with Gasteiger partial charge in [0.15, 0.2) is 5.82 Å². The third kappa shape index (κ3) is 2.14. The van der Waals surface area contributed by atoms with Gasteiger partial charge in [0, 0.05) is 17.8 Å². The molecule has 0 saturated heterocycles. The van der Waals surface area contributed by atoms with E-state index in [1.807, 2.05) is 24.8 Å². The normalized spacial score (nSPS) is 18.8. The molecule has 0 fully saturated rings. The van der Waals surface area contributed by atoms with Crippen molar-refractivity contribution in [2.75, 3.05) is 13.2 Å². The summed E-state index contributed by atoms with van der Waals surface area (Å²) in [5.74, 6) is 0.683. The summed E-state index contributed by atoms with van der Waals surface area (Å²) in [6.07, 6.45) is 4.58. The van der Waals surface area contributed by atoms with Gasteiger partial charge in [0.05, 0.1) is 19.8 Å². The summed E-state index contributed by atoms with van der Waals surface area (Å²) in [6, 6.07) is 0.187. The van der Waals surface area contributed by atoms with Crippen molar-refractivity contribution in [3.8, 4) is 0 Å². The van der Waals surface area contributed by atoms with Crippen molar-refractivity contribution in [1.29, 1.82) is 0 Å². The fourth-order valence-electron chi connectivity index (χ4n) is 2.40. The molecule has 1 aromatic rings. The Bertz CT molecular complexity index is 552. The molecule has 3 rings (SSSR count). The minimum absolute atomic E-state index is 0.0151. The van der Waals surface area contributed by atoms with Crippen LogP contribution in [0.3, 0.4) is 0 Å². The number of amides is 1. The second-order valence-corrected chi connectivity index (χ2v) is 5.15. The van der Waals surface area contributed by atoms with E-state index in [-0.39, 0.29) is 11.9 Å². The monoisotopic (exact) mass is 259 g/mol. The third-order valence-corrected chi connectivity index (χ3v) is 3.54. The number of rotatable bonds is 2. The fourth-order valence-corrected chi connectivity index (χ4v) is 2.40. The number of ether oxygens (including phenoxy) is 1. The Morgan fingerprint density at radius 2 is 2.26 bits per heavy atom. The van der Waals surface area contributed by atoms with Gasteiger partial charge in [-0.05, 0) is 25.8 Å². The van der Waals surface area contributed by atoms with Gasteiger partial charge in [-0.15, -0.1) is 0 Å². The van der Waals surface area contributed by atoms with Gasteiger partial charge in [-0.25, -0.2) is 9.97 Å². The molecule has 19 heavy (non-hydrogen) atoms. The number of hydrogen-bond acceptors (Lipinski definition) is 4. The molecule has 1 aromatic heterocycles. The van der Waals surface area contributed by atoms with Gasteiger partial charge in [-0.1, -0.05) is 6.08 Å². The zero-order valence-corrected chi connectivity index (χ0v) is 11.2. The van der Waals surface area contributed by atoms with Crippen LogP contribution >= 0.6 is 0 Å². The highest BCUT2D eigenvalue weighted by molar-refractivity contribution is 5.96. The molecule has 0 unspecified atom stereocenters. The number of fused-ring (bicyclic) bond motifs is 1. The average Bonchev–Trinajstić information content (AvgIpc) is 2.77. The van der Waals surface area contributed by atoms with Crippen LogP contribution in [-0.4, -0.2) is 40.0 Å². The summed E-state index contributed by atoms with van der Waals surface area (Å²) in [5, 5.41) is 0. The van der Waals surface area contributed by atoms with Gasteiger partial charge < -0.3 is 9.64 Å². The van der Waals surface area contributed by atoms with E-state index in [1.54, 1.807) is 6.20 Å². The quantitative estimate of drug-likeness (QED) is 0.810. The van der Waals surface area contributed by atoms with Crippen molar-refractivity contribution in [2.45, 2.75) is 32.9 Å². The van der Waals surface area contributed by atoms with Crippen molar-refractivity contribution >= 4 is 11.5 Å². The predicted molar refractivity (Wildman–Crippen MR) is 70.5 cm³/mol. The molecule has 0 radical (unpaired) electrons. The van der Waals surface area contributed by atoms with Gasteiger partial charge in [0.2, 0.25) is 0 Å². The smallest absolute Gasteiger partial charge is 0.273 e. The van der Waals surface area contributed by atoms with E-state index in [0.29, 0.717) is 31.3 Å². The van der Waals surface area contributed by atoms with Crippen LogP contribution in [0.5, 0.6) is 0 Å². The van der Waals surface area contributed by atoms with E-state index >= 15 is 0 Å². The molecule has 0 aromatic carbocycles. The van der Waals surface area contributed by atoms with E-state index in [2.05, 4.69) is 9.97 Å². The molecule has 3 heterocycles. The van der Waals surface area contributed by atoms with Gasteiger partial charge in [-0.2, -0.15) is 0 Å². The molecule has 0 spiro atoms. The molecule has 0 saturated carbocycles. The van der Waals surface area contributed by atoms with E-state index < -0.39 is 0 Å². The number of nitrogens with zero attached hydrogens (tertiary/aromatic N) is 3. The summed E-state index contributed by atoms with van der Waals surface area (Å²) in [6.45, 7) is 5.94. The van der Waals surface area contributed by atoms with Gasteiger partial charge in [0.1, 0.15) is 5.69 Å². The Morgan fingerprint density at radius 3 is 2.95 bits per heavy atom. The maximum absolute atomic E-state index is 12.3. The summed E-state index contributed by atoms with van der Waals surface area (Å²) in [5.41, 5.74) is 2.56. The maximum atomic E-state index is 12.3. The average molecular weight is 259 g/mol. The highest BCUT2D eigenvalue weighted by atomic mass is 16.5. The highest BCUT2D eigenvalue weighted by Gasteiger charge is 2.31. The van der Waals surface area contributed by atoms with E-state index in [4.69, 9.17) is 4.74 Å². The summed E-state index contributed by atoms with van der Waals surface area (Å²) in [4.78, 5) is 22.9. The van der Waals surface area contributed by atoms with Crippen molar-refractivity contribution in [3.63, 3.8) is 0 Å². The lowest BCUT2D eigenvalue weighted by molar-refractivity contribution is 0.0726. The first-order chi connectivity index (χ1) is 9.16. The van der Waals surface area contributed by atoms with Gasteiger partial charge >= 0.3 is 0 Å². The first-order valence-corrected chi connectivity index (χ1v) is 6.61. The highest BCUT2D eigenvalue weighted by Crippen LogP contribution is 2.25. The second-order valence-electron chi connectivity index (χ2n) is 5.15. The Morgan fingerprint density at radius 1 is 1.42 bits per heavy atom. The molecule has 2 aliphatic heterocycles. The van der Waals surface area contributed by atoms with Crippen LogP contribution < -0.4 is 0 Å². The third-order valence-electron chi connectivity index (χ3n) is 3.54. The molecule has 1 amide bonds. The van der Waals surface area contributed by atoms with Crippen LogP contribution in [0.2, 0.25) is 0 Å². The number of carbonyl (C=O) groups is 1. The predicted octanol–water partition coefficient (Wildman–Crippen LogP) is 1.64. The standard InChI is InChI=1S/C14H17N3O2/c1-9(2)17-8-11-7-15-13(16-12(11)14(17)18)10-3-5-19-6-4-10/h3,7,9H,4-6,8H2,1-2H3. The minimum atomic E-state index is 0.0151. The molecular weight excluding hydrogens is 242 g/mol. The Labute approximate surface area is 112 Å². The van der Waals surface area contributed by atoms with Crippen LogP contribution in [0.25, 0.3) is 5.57 Å². The van der Waals surface area contributed by atoms with Crippen LogP contribution in [-0.2, 0) is 11.3 Å². The second kappa shape index (κ2) is 4.74. The van der Waals surface area contributed by atoms with E-state index in [9.17, 15) is 4.79 Å². The maximum Gasteiger partial charge on any atom is 0.273 e. The van der Waals surface area contributed by atoms with E-state index in [0.717, 1.165) is 17.6 Å². The Balaban J connectivity index is 1.94. The van der Waals surface area contributed by atoms with Crippen molar-refractivity contribution < 1.29 is 9.53 Å². The SMILES string of the molecule is CC(C)N1Cc2cnc(C3=CCOCC3)nc2C1=O. The molecule has 5 heteroatoms. The van der Waals surface area contributed by atoms with Gasteiger partial charge in [0.25, 0.3) is 5.91 Å². The van der Waals surface area contributed by atoms with Crippen LogP contribution in [0.1, 0.15) is 42.1 Å². The number of hydrogen-bond donors (Lipinski definition) is 0. The summed E-state index contributed by atoms with van der Waals surface area (Å²) >= 11 is 0. The first kappa shape index (κ1) is 12.3. The van der Waals surface area contributed by atoms with Crippen LogP contribution in [0.4, 0.5) is 0 Å².